The number of halogens is 3. The maximum absolute atomic E-state index is 12.8. The van der Waals surface area contributed by atoms with Crippen LogP contribution in [0, 0.1) is 6.92 Å². The fourth-order valence-electron chi connectivity index (χ4n) is 1.52. The van der Waals surface area contributed by atoms with Crippen molar-refractivity contribution >= 4 is 5.95 Å². The number of ether oxygens (including phenoxy) is 1. The second kappa shape index (κ2) is 4.75. The van der Waals surface area contributed by atoms with E-state index in [4.69, 9.17) is 10.5 Å². The van der Waals surface area contributed by atoms with Gasteiger partial charge < -0.3 is 10.5 Å². The van der Waals surface area contributed by atoms with E-state index in [0.717, 1.165) is 6.07 Å². The van der Waals surface area contributed by atoms with E-state index in [1.807, 2.05) is 0 Å². The van der Waals surface area contributed by atoms with Crippen LogP contribution in [0.1, 0.15) is 11.3 Å². The van der Waals surface area contributed by atoms with Gasteiger partial charge in [-0.1, -0.05) is 12.1 Å². The monoisotopic (exact) mass is 269 g/mol. The molecule has 0 spiro atoms. The summed E-state index contributed by atoms with van der Waals surface area (Å²) in [4.78, 5) is 7.54. The Balaban J connectivity index is 2.38. The summed E-state index contributed by atoms with van der Waals surface area (Å²) in [5.74, 6) is -0.409. The van der Waals surface area contributed by atoms with Gasteiger partial charge >= 0.3 is 6.18 Å². The van der Waals surface area contributed by atoms with Crippen LogP contribution in [-0.2, 0) is 6.18 Å². The lowest BCUT2D eigenvalue weighted by Crippen LogP contribution is -2.07. The van der Waals surface area contributed by atoms with Crippen molar-refractivity contribution in [3.05, 3.63) is 41.6 Å². The lowest BCUT2D eigenvalue weighted by Gasteiger charge is -2.13. The van der Waals surface area contributed by atoms with Crippen LogP contribution in [0.5, 0.6) is 11.6 Å². The molecule has 0 atom stereocenters. The van der Waals surface area contributed by atoms with Crippen LogP contribution in [0.15, 0.2) is 30.3 Å². The van der Waals surface area contributed by atoms with Crippen molar-refractivity contribution in [3.8, 4) is 11.6 Å². The Kier molecular flexibility index (Phi) is 3.28. The highest BCUT2D eigenvalue weighted by molar-refractivity contribution is 5.39. The van der Waals surface area contributed by atoms with E-state index in [9.17, 15) is 13.2 Å². The first-order valence-corrected chi connectivity index (χ1v) is 5.31. The van der Waals surface area contributed by atoms with Crippen molar-refractivity contribution in [3.63, 3.8) is 0 Å². The molecule has 4 nitrogen and oxygen atoms in total. The Bertz CT molecular complexity index is 579. The molecular formula is C12H10F3N3O. The average Bonchev–Trinajstić information content (AvgIpc) is 2.26. The second-order valence-corrected chi connectivity index (χ2v) is 3.80. The molecule has 1 aromatic carbocycles. The number of hydrogen-bond donors (Lipinski definition) is 1. The molecule has 0 radical (unpaired) electrons. The first-order valence-electron chi connectivity index (χ1n) is 5.31. The van der Waals surface area contributed by atoms with E-state index in [1.54, 1.807) is 6.92 Å². The minimum atomic E-state index is -4.50. The predicted octanol–water partition coefficient (Wildman–Crippen LogP) is 3.18. The summed E-state index contributed by atoms with van der Waals surface area (Å²) in [5, 5.41) is 0. The Morgan fingerprint density at radius 1 is 1.16 bits per heavy atom. The minimum Gasteiger partial charge on any atom is -0.438 e. The van der Waals surface area contributed by atoms with Crippen LogP contribution >= 0.6 is 0 Å². The van der Waals surface area contributed by atoms with Crippen molar-refractivity contribution in [2.24, 2.45) is 0 Å². The topological polar surface area (TPSA) is 61.0 Å². The summed E-state index contributed by atoms with van der Waals surface area (Å²) in [5.41, 5.74) is 5.05. The maximum atomic E-state index is 12.8. The first kappa shape index (κ1) is 13.1. The van der Waals surface area contributed by atoms with Crippen molar-refractivity contribution < 1.29 is 17.9 Å². The highest BCUT2D eigenvalue weighted by Crippen LogP contribution is 2.37. The molecule has 0 aliphatic rings. The average molecular weight is 269 g/mol. The molecule has 7 heteroatoms. The molecule has 1 heterocycles. The zero-order chi connectivity index (χ0) is 14.0. The number of para-hydroxylation sites is 1. The predicted molar refractivity (Wildman–Crippen MR) is 62.7 cm³/mol. The van der Waals surface area contributed by atoms with Crippen LogP contribution in [0.3, 0.4) is 0 Å². The molecule has 2 rings (SSSR count). The largest absolute Gasteiger partial charge is 0.438 e. The smallest absolute Gasteiger partial charge is 0.419 e. The SMILES string of the molecule is Cc1cc(Oc2ccccc2C(F)(F)F)nc(N)n1. The van der Waals surface area contributed by atoms with Crippen molar-refractivity contribution in [2.45, 2.75) is 13.1 Å². The Morgan fingerprint density at radius 3 is 2.47 bits per heavy atom. The number of alkyl halides is 3. The molecule has 0 saturated carbocycles. The second-order valence-electron chi connectivity index (χ2n) is 3.80. The van der Waals surface area contributed by atoms with Gasteiger partial charge in [0, 0.05) is 11.8 Å². The summed E-state index contributed by atoms with van der Waals surface area (Å²) in [6.07, 6.45) is -4.50. The summed E-state index contributed by atoms with van der Waals surface area (Å²) in [7, 11) is 0. The zero-order valence-electron chi connectivity index (χ0n) is 9.90. The molecule has 0 fully saturated rings. The van der Waals surface area contributed by atoms with Crippen LogP contribution in [0.25, 0.3) is 0 Å². The Labute approximate surface area is 107 Å². The van der Waals surface area contributed by atoms with Gasteiger partial charge in [-0.3, -0.25) is 0 Å². The standard InChI is InChI=1S/C12H10F3N3O/c1-7-6-10(18-11(16)17-7)19-9-5-3-2-4-8(9)12(13,14)15/h2-6H,1H3,(H2,16,17,18). The van der Waals surface area contributed by atoms with Gasteiger partial charge in [0.05, 0.1) is 5.56 Å². The molecule has 2 aromatic rings. The number of hydrogen-bond acceptors (Lipinski definition) is 4. The van der Waals surface area contributed by atoms with Gasteiger partial charge in [-0.25, -0.2) is 4.98 Å². The molecule has 0 aliphatic carbocycles. The summed E-state index contributed by atoms with van der Waals surface area (Å²) in [6, 6.07) is 6.30. The third-order valence-corrected chi connectivity index (χ3v) is 2.25. The van der Waals surface area contributed by atoms with Crippen LogP contribution in [0.2, 0.25) is 0 Å². The van der Waals surface area contributed by atoms with Gasteiger partial charge in [0.25, 0.3) is 0 Å². The molecular weight excluding hydrogens is 259 g/mol. The van der Waals surface area contributed by atoms with E-state index < -0.39 is 11.7 Å². The lowest BCUT2D eigenvalue weighted by molar-refractivity contribution is -0.138. The van der Waals surface area contributed by atoms with Gasteiger partial charge in [0.2, 0.25) is 11.8 Å². The van der Waals surface area contributed by atoms with Crippen molar-refractivity contribution in [2.75, 3.05) is 5.73 Å². The maximum Gasteiger partial charge on any atom is 0.419 e. The fourth-order valence-corrected chi connectivity index (χ4v) is 1.52. The lowest BCUT2D eigenvalue weighted by atomic mass is 10.2. The number of nitrogen functional groups attached to an aromatic ring is 1. The van der Waals surface area contributed by atoms with E-state index in [0.29, 0.717) is 5.69 Å². The highest BCUT2D eigenvalue weighted by atomic mass is 19.4. The van der Waals surface area contributed by atoms with E-state index in [-0.39, 0.29) is 17.6 Å². The van der Waals surface area contributed by atoms with E-state index >= 15 is 0 Å². The third kappa shape index (κ3) is 3.12. The molecule has 19 heavy (non-hydrogen) atoms. The number of aryl methyl sites for hydroxylation is 1. The number of aromatic nitrogens is 2. The summed E-state index contributed by atoms with van der Waals surface area (Å²) in [6.45, 7) is 1.64. The van der Waals surface area contributed by atoms with Gasteiger partial charge in [0.15, 0.2) is 0 Å². The van der Waals surface area contributed by atoms with Gasteiger partial charge in [-0.15, -0.1) is 0 Å². The number of benzene rings is 1. The van der Waals surface area contributed by atoms with Gasteiger partial charge in [-0.05, 0) is 19.1 Å². The van der Waals surface area contributed by atoms with Crippen molar-refractivity contribution in [1.82, 2.24) is 9.97 Å². The van der Waals surface area contributed by atoms with E-state index in [2.05, 4.69) is 9.97 Å². The number of anilines is 1. The third-order valence-electron chi connectivity index (χ3n) is 2.25. The van der Waals surface area contributed by atoms with Gasteiger partial charge in [0.1, 0.15) is 5.75 Å². The molecule has 100 valence electrons. The van der Waals surface area contributed by atoms with Crippen LogP contribution in [-0.4, -0.2) is 9.97 Å². The Morgan fingerprint density at radius 2 is 1.84 bits per heavy atom. The van der Waals surface area contributed by atoms with Crippen LogP contribution < -0.4 is 10.5 Å². The summed E-state index contributed by atoms with van der Waals surface area (Å²) < 4.78 is 43.5. The number of rotatable bonds is 2. The molecule has 1 aromatic heterocycles. The van der Waals surface area contributed by atoms with Gasteiger partial charge in [-0.2, -0.15) is 18.2 Å². The highest BCUT2D eigenvalue weighted by Gasteiger charge is 2.34. The zero-order valence-corrected chi connectivity index (χ0v) is 9.90. The molecule has 0 aliphatic heterocycles. The van der Waals surface area contributed by atoms with Crippen LogP contribution in [0.4, 0.5) is 19.1 Å². The first-order chi connectivity index (χ1) is 8.86. The Hall–Kier alpha value is -2.31. The molecule has 0 amide bonds. The van der Waals surface area contributed by atoms with E-state index in [1.165, 1.54) is 24.3 Å². The molecule has 0 bridgehead atoms. The normalized spacial score (nSPS) is 11.4. The van der Waals surface area contributed by atoms with Crippen molar-refractivity contribution in [1.29, 1.82) is 0 Å². The quantitative estimate of drug-likeness (QED) is 0.909. The number of nitrogens with zero attached hydrogens (tertiary/aromatic N) is 2. The summed E-state index contributed by atoms with van der Waals surface area (Å²) >= 11 is 0. The molecule has 2 N–H and O–H groups in total. The fraction of sp³-hybridized carbons (Fsp3) is 0.167. The molecule has 0 saturated heterocycles. The molecule has 0 unspecified atom stereocenters. The number of nitrogens with two attached hydrogens (primary N) is 1. The minimum absolute atomic E-state index is 0.0262.